The Hall–Kier alpha value is -3.30. The number of rotatable bonds is 12. The summed E-state index contributed by atoms with van der Waals surface area (Å²) in [6.07, 6.45) is 0.842. The van der Waals surface area contributed by atoms with Crippen molar-refractivity contribution in [1.82, 2.24) is 4.98 Å². The Morgan fingerprint density at radius 3 is 1.98 bits per heavy atom. The number of hydrogen-bond acceptors (Lipinski definition) is 7. The Balaban J connectivity index is 1.22. The lowest BCUT2D eigenvalue weighted by atomic mass is 10.0. The van der Waals surface area contributed by atoms with Crippen LogP contribution in [0.2, 0.25) is 5.15 Å². The molecule has 2 aliphatic rings. The third-order valence-electron chi connectivity index (χ3n) is 8.53. The van der Waals surface area contributed by atoms with Crippen LogP contribution in [0.1, 0.15) is 41.2 Å². The van der Waals surface area contributed by atoms with Crippen molar-refractivity contribution in [2.75, 3.05) is 24.6 Å². The molecule has 0 spiro atoms. The number of fused-ring (bicyclic) bond motifs is 1. The average molecular weight is 641 g/mol. The van der Waals surface area contributed by atoms with E-state index < -0.39 is 12.2 Å². The summed E-state index contributed by atoms with van der Waals surface area (Å²) < 4.78 is 27.7. The van der Waals surface area contributed by atoms with Crippen LogP contribution in [0.4, 0.5) is 5.69 Å². The van der Waals surface area contributed by atoms with Gasteiger partial charge in [0.05, 0.1) is 42.3 Å². The lowest BCUT2D eigenvalue weighted by molar-refractivity contribution is -0.0898. The second-order valence-corrected chi connectivity index (χ2v) is 12.9. The number of aromatic nitrogens is 1. The van der Waals surface area contributed by atoms with Gasteiger partial charge in [0.15, 0.2) is 0 Å². The zero-order valence-electron chi connectivity index (χ0n) is 25.1. The first-order chi connectivity index (χ1) is 22.2. The molecule has 0 N–H and O–H groups in total. The second-order valence-electron chi connectivity index (χ2n) is 11.6. The smallest absolute Gasteiger partial charge is 0.131 e. The quantitative estimate of drug-likeness (QED) is 0.128. The highest BCUT2D eigenvalue weighted by Crippen LogP contribution is 2.45. The second kappa shape index (κ2) is 14.4. The molecule has 0 saturated carbocycles. The fourth-order valence-electron chi connectivity index (χ4n) is 6.27. The van der Waals surface area contributed by atoms with Gasteiger partial charge < -0.3 is 23.8 Å². The van der Waals surface area contributed by atoms with E-state index in [1.807, 2.05) is 60.7 Å². The van der Waals surface area contributed by atoms with E-state index in [1.54, 1.807) is 11.3 Å². The predicted octanol–water partition coefficient (Wildman–Crippen LogP) is 8.38. The van der Waals surface area contributed by atoms with Crippen molar-refractivity contribution in [3.05, 3.63) is 130 Å². The van der Waals surface area contributed by atoms with Crippen molar-refractivity contribution in [3.8, 4) is 0 Å². The molecule has 2 aromatic heterocycles. The molecule has 0 amide bonds. The fraction of sp³-hybridized carbons (Fsp3) is 0.324. The molecule has 0 bridgehead atoms. The highest BCUT2D eigenvalue weighted by molar-refractivity contribution is 7.18. The molecule has 7 rings (SSSR count). The van der Waals surface area contributed by atoms with Crippen molar-refractivity contribution in [1.29, 1.82) is 0 Å². The lowest BCUT2D eigenvalue weighted by Gasteiger charge is -2.25. The van der Waals surface area contributed by atoms with Gasteiger partial charge in [-0.1, -0.05) is 103 Å². The van der Waals surface area contributed by atoms with Gasteiger partial charge in [0.25, 0.3) is 0 Å². The van der Waals surface area contributed by atoms with Crippen molar-refractivity contribution >= 4 is 38.8 Å². The van der Waals surface area contributed by atoms with Crippen LogP contribution in [0.3, 0.4) is 0 Å². The van der Waals surface area contributed by atoms with Crippen LogP contribution in [0, 0.1) is 0 Å². The number of benzene rings is 3. The summed E-state index contributed by atoms with van der Waals surface area (Å²) in [4.78, 5) is 7.27. The van der Waals surface area contributed by atoms with Crippen LogP contribution in [-0.4, -0.2) is 43.0 Å². The van der Waals surface area contributed by atoms with Crippen LogP contribution in [0.5, 0.6) is 0 Å². The van der Waals surface area contributed by atoms with Crippen molar-refractivity contribution in [3.63, 3.8) is 0 Å². The minimum absolute atomic E-state index is 0.351. The highest BCUT2D eigenvalue weighted by atomic mass is 35.5. The number of pyridine rings is 1. The summed E-state index contributed by atoms with van der Waals surface area (Å²) in [7, 11) is 0. The van der Waals surface area contributed by atoms with Crippen LogP contribution in [0.15, 0.2) is 102 Å². The van der Waals surface area contributed by atoms with Gasteiger partial charge in [-0.2, -0.15) is 0 Å². The van der Waals surface area contributed by atoms with Crippen LogP contribution in [-0.2, 0) is 38.8 Å². The molecule has 45 heavy (non-hydrogen) atoms. The summed E-state index contributed by atoms with van der Waals surface area (Å²) >= 11 is 8.36. The zero-order chi connectivity index (χ0) is 30.4. The topological polar surface area (TPSA) is 53.1 Å². The number of ether oxygens (including phenoxy) is 4. The molecular weight excluding hydrogens is 604 g/mol. The summed E-state index contributed by atoms with van der Waals surface area (Å²) in [6.45, 7) is 3.79. The molecule has 8 heteroatoms. The van der Waals surface area contributed by atoms with Crippen molar-refractivity contribution in [2.45, 2.75) is 57.1 Å². The molecule has 4 atom stereocenters. The molecule has 6 nitrogen and oxygen atoms in total. The normalized spacial score (nSPS) is 21.6. The standard InChI is InChI=1S/C37H37ClN2O4S/c38-32-20-30(40-18-10-11-19-40)37-33(39-32)29(25-45-37)34-36(43-23-28-16-8-3-9-17-28)35(42-22-27-14-6-2-7-15-27)31(44-34)24-41-21-26-12-4-1-5-13-26/h1-9,12-17,20,25,31,34-36H,10-11,18-19,21-24H2/t31-,34+,35-,36+/m1/s1. The molecular formula is C37H37ClN2O4S. The van der Waals surface area contributed by atoms with E-state index in [-0.39, 0.29) is 12.2 Å². The molecule has 4 heterocycles. The Kier molecular flexibility index (Phi) is 9.73. The minimum atomic E-state index is -0.411. The molecule has 5 aromatic rings. The maximum Gasteiger partial charge on any atom is 0.131 e. The maximum absolute atomic E-state index is 6.89. The summed E-state index contributed by atoms with van der Waals surface area (Å²) in [5, 5.41) is 2.65. The molecule has 3 aromatic carbocycles. The molecule has 0 radical (unpaired) electrons. The molecule has 2 fully saturated rings. The Morgan fingerprint density at radius 1 is 0.778 bits per heavy atom. The van der Waals surface area contributed by atoms with Gasteiger partial charge in [-0.3, -0.25) is 0 Å². The highest BCUT2D eigenvalue weighted by Gasteiger charge is 2.48. The van der Waals surface area contributed by atoms with E-state index in [4.69, 9.17) is 35.5 Å². The first-order valence-electron chi connectivity index (χ1n) is 15.6. The van der Waals surface area contributed by atoms with Crippen molar-refractivity contribution < 1.29 is 18.9 Å². The van der Waals surface area contributed by atoms with E-state index in [2.05, 4.69) is 46.7 Å². The van der Waals surface area contributed by atoms with E-state index >= 15 is 0 Å². The van der Waals surface area contributed by atoms with Gasteiger partial charge in [-0.15, -0.1) is 11.3 Å². The van der Waals surface area contributed by atoms with Crippen molar-refractivity contribution in [2.24, 2.45) is 0 Å². The number of nitrogens with zero attached hydrogens (tertiary/aromatic N) is 2. The molecule has 0 aliphatic carbocycles. The Morgan fingerprint density at radius 2 is 1.36 bits per heavy atom. The van der Waals surface area contributed by atoms with Crippen LogP contribution in [0.25, 0.3) is 10.2 Å². The maximum atomic E-state index is 6.89. The SMILES string of the molecule is Clc1cc(N2CCCC2)c2scc([C@@H]3O[C@H](COCc4ccccc4)[C@@H](OCc4ccccc4)[C@H]3OCc3ccccc3)c2n1. The van der Waals surface area contributed by atoms with E-state index in [0.717, 1.165) is 51.2 Å². The molecule has 2 aliphatic heterocycles. The Bertz CT molecular complexity index is 1660. The van der Waals surface area contributed by atoms with E-state index in [0.29, 0.717) is 31.6 Å². The lowest BCUT2D eigenvalue weighted by Crippen LogP contribution is -2.37. The van der Waals surface area contributed by atoms with Gasteiger partial charge in [0, 0.05) is 24.7 Å². The number of thiophene rings is 1. The average Bonchev–Trinajstić information content (AvgIpc) is 3.83. The summed E-state index contributed by atoms with van der Waals surface area (Å²) in [5.74, 6) is 0. The zero-order valence-corrected chi connectivity index (χ0v) is 26.7. The molecule has 2 saturated heterocycles. The van der Waals surface area contributed by atoms with Gasteiger partial charge in [0.2, 0.25) is 0 Å². The predicted molar refractivity (Wildman–Crippen MR) is 180 cm³/mol. The summed E-state index contributed by atoms with van der Waals surface area (Å²) in [6, 6.07) is 32.7. The summed E-state index contributed by atoms with van der Waals surface area (Å²) in [5.41, 5.74) is 6.31. The number of hydrogen-bond donors (Lipinski definition) is 0. The third kappa shape index (κ3) is 7.09. The monoisotopic (exact) mass is 640 g/mol. The van der Waals surface area contributed by atoms with Gasteiger partial charge in [-0.25, -0.2) is 4.98 Å². The van der Waals surface area contributed by atoms with E-state index in [1.165, 1.54) is 12.8 Å². The first kappa shape index (κ1) is 30.4. The number of halogens is 1. The number of anilines is 1. The Labute approximate surface area is 273 Å². The van der Waals surface area contributed by atoms with Gasteiger partial charge >= 0.3 is 0 Å². The first-order valence-corrected chi connectivity index (χ1v) is 16.9. The largest absolute Gasteiger partial charge is 0.374 e. The van der Waals surface area contributed by atoms with Gasteiger partial charge in [-0.05, 0) is 34.9 Å². The van der Waals surface area contributed by atoms with Crippen LogP contribution >= 0.6 is 22.9 Å². The fourth-order valence-corrected chi connectivity index (χ4v) is 7.53. The molecule has 0 unspecified atom stereocenters. The van der Waals surface area contributed by atoms with E-state index in [9.17, 15) is 0 Å². The third-order valence-corrected chi connectivity index (χ3v) is 9.73. The van der Waals surface area contributed by atoms with Crippen LogP contribution < -0.4 is 4.90 Å². The van der Waals surface area contributed by atoms with Gasteiger partial charge in [0.1, 0.15) is 29.6 Å². The molecule has 232 valence electrons. The minimum Gasteiger partial charge on any atom is -0.374 e.